The minimum atomic E-state index is 0.286. The molecule has 8 nitrogen and oxygen atoms in total. The summed E-state index contributed by atoms with van der Waals surface area (Å²) in [6.45, 7) is 4.88. The van der Waals surface area contributed by atoms with E-state index in [1.165, 1.54) is 0 Å². The Hall–Kier alpha value is -3.00. The molecule has 0 amide bonds. The number of benzene rings is 1. The second-order valence-electron chi connectivity index (χ2n) is 6.59. The van der Waals surface area contributed by atoms with Gasteiger partial charge in [0.05, 0.1) is 13.2 Å². The van der Waals surface area contributed by atoms with E-state index < -0.39 is 0 Å². The van der Waals surface area contributed by atoms with Gasteiger partial charge >= 0.3 is 0 Å². The topological polar surface area (TPSA) is 80.2 Å². The van der Waals surface area contributed by atoms with Crippen LogP contribution in [0.25, 0.3) is 0 Å². The maximum absolute atomic E-state index is 5.42. The Labute approximate surface area is 164 Å². The fourth-order valence-electron chi connectivity index (χ4n) is 3.14. The Morgan fingerprint density at radius 3 is 2.54 bits per heavy atom. The third-order valence-corrected chi connectivity index (χ3v) is 4.72. The standard InChI is InChI=1S/C20H25N5O3/c1-21-20(23-11-15-2-4-17-18(10-15)28-14-27-17)24-13-16-3-5-19(22-12-16)25-6-8-26-9-7-25/h2-5,10,12H,6-9,11,13-14H2,1H3,(H2,21,23,24). The number of aromatic nitrogens is 1. The van der Waals surface area contributed by atoms with Crippen molar-refractivity contribution in [2.24, 2.45) is 4.99 Å². The maximum atomic E-state index is 5.42. The van der Waals surface area contributed by atoms with Crippen LogP contribution in [0.2, 0.25) is 0 Å². The first-order chi connectivity index (χ1) is 13.8. The van der Waals surface area contributed by atoms with E-state index >= 15 is 0 Å². The highest BCUT2D eigenvalue weighted by molar-refractivity contribution is 5.79. The summed E-state index contributed by atoms with van der Waals surface area (Å²) in [5.74, 6) is 3.31. The van der Waals surface area contributed by atoms with Crippen molar-refractivity contribution < 1.29 is 14.2 Å². The number of guanidine groups is 1. The van der Waals surface area contributed by atoms with Gasteiger partial charge in [-0.05, 0) is 29.3 Å². The largest absolute Gasteiger partial charge is 0.454 e. The maximum Gasteiger partial charge on any atom is 0.231 e. The third-order valence-electron chi connectivity index (χ3n) is 4.72. The van der Waals surface area contributed by atoms with E-state index in [4.69, 9.17) is 14.2 Å². The van der Waals surface area contributed by atoms with Crippen LogP contribution in [0.4, 0.5) is 5.82 Å². The average Bonchev–Trinajstić information content (AvgIpc) is 3.23. The molecule has 1 aromatic carbocycles. The molecule has 2 aromatic rings. The number of nitrogens with one attached hydrogen (secondary N) is 2. The number of hydrogen-bond acceptors (Lipinski definition) is 6. The van der Waals surface area contributed by atoms with Gasteiger partial charge in [-0.25, -0.2) is 4.98 Å². The lowest BCUT2D eigenvalue weighted by molar-refractivity contribution is 0.122. The van der Waals surface area contributed by atoms with Gasteiger partial charge in [-0.15, -0.1) is 0 Å². The van der Waals surface area contributed by atoms with Gasteiger partial charge < -0.3 is 29.7 Å². The molecule has 1 fully saturated rings. The zero-order valence-corrected chi connectivity index (χ0v) is 16.0. The molecule has 0 aliphatic carbocycles. The molecular weight excluding hydrogens is 358 g/mol. The van der Waals surface area contributed by atoms with Crippen molar-refractivity contribution in [2.45, 2.75) is 13.1 Å². The normalized spacial score (nSPS) is 16.2. The van der Waals surface area contributed by atoms with E-state index in [2.05, 4.69) is 37.6 Å². The Kier molecular flexibility index (Phi) is 5.77. The van der Waals surface area contributed by atoms with Gasteiger partial charge in [0.25, 0.3) is 0 Å². The molecule has 2 aliphatic heterocycles. The predicted octanol–water partition coefficient (Wildman–Crippen LogP) is 1.51. The van der Waals surface area contributed by atoms with E-state index in [0.29, 0.717) is 13.1 Å². The van der Waals surface area contributed by atoms with Gasteiger partial charge in [0.1, 0.15) is 5.82 Å². The van der Waals surface area contributed by atoms with Crippen LogP contribution in [0.1, 0.15) is 11.1 Å². The van der Waals surface area contributed by atoms with E-state index in [1.54, 1.807) is 7.05 Å². The van der Waals surface area contributed by atoms with Gasteiger partial charge in [0, 0.05) is 39.4 Å². The minimum Gasteiger partial charge on any atom is -0.454 e. The molecule has 2 aliphatic rings. The molecule has 148 valence electrons. The number of anilines is 1. The molecule has 0 atom stereocenters. The van der Waals surface area contributed by atoms with Crippen molar-refractivity contribution in [3.8, 4) is 11.5 Å². The Morgan fingerprint density at radius 2 is 1.79 bits per heavy atom. The number of pyridine rings is 1. The van der Waals surface area contributed by atoms with Crippen LogP contribution in [0.15, 0.2) is 41.5 Å². The van der Waals surface area contributed by atoms with Gasteiger partial charge in [-0.3, -0.25) is 4.99 Å². The lowest BCUT2D eigenvalue weighted by Crippen LogP contribution is -2.37. The fourth-order valence-corrected chi connectivity index (χ4v) is 3.14. The molecule has 0 bridgehead atoms. The van der Waals surface area contributed by atoms with Crippen molar-refractivity contribution in [3.63, 3.8) is 0 Å². The summed E-state index contributed by atoms with van der Waals surface area (Å²) in [5.41, 5.74) is 2.20. The first kappa shape index (κ1) is 18.4. The molecule has 1 aromatic heterocycles. The minimum absolute atomic E-state index is 0.286. The van der Waals surface area contributed by atoms with Crippen molar-refractivity contribution in [1.29, 1.82) is 0 Å². The molecule has 1 saturated heterocycles. The second kappa shape index (κ2) is 8.79. The number of hydrogen-bond donors (Lipinski definition) is 2. The van der Waals surface area contributed by atoms with Crippen LogP contribution < -0.4 is 25.0 Å². The Morgan fingerprint density at radius 1 is 1.04 bits per heavy atom. The summed E-state index contributed by atoms with van der Waals surface area (Å²) in [6, 6.07) is 10.1. The summed E-state index contributed by atoms with van der Waals surface area (Å²) in [7, 11) is 1.76. The third kappa shape index (κ3) is 4.45. The summed E-state index contributed by atoms with van der Waals surface area (Å²) >= 11 is 0. The highest BCUT2D eigenvalue weighted by atomic mass is 16.7. The summed E-state index contributed by atoms with van der Waals surface area (Å²) in [4.78, 5) is 11.1. The average molecular weight is 383 g/mol. The number of rotatable bonds is 5. The number of aliphatic imine (C=N–C) groups is 1. The number of morpholine rings is 1. The van der Waals surface area contributed by atoms with E-state index in [0.717, 1.165) is 60.7 Å². The zero-order valence-electron chi connectivity index (χ0n) is 16.0. The van der Waals surface area contributed by atoms with Gasteiger partial charge in [0.2, 0.25) is 6.79 Å². The molecule has 0 unspecified atom stereocenters. The number of ether oxygens (including phenoxy) is 3. The van der Waals surface area contributed by atoms with Crippen LogP contribution in [-0.2, 0) is 17.8 Å². The van der Waals surface area contributed by atoms with Crippen molar-refractivity contribution in [1.82, 2.24) is 15.6 Å². The van der Waals surface area contributed by atoms with Crippen LogP contribution in [-0.4, -0.2) is 51.1 Å². The summed E-state index contributed by atoms with van der Waals surface area (Å²) in [6.07, 6.45) is 1.91. The predicted molar refractivity (Wildman–Crippen MR) is 107 cm³/mol. The van der Waals surface area contributed by atoms with Gasteiger partial charge in [-0.1, -0.05) is 12.1 Å². The lowest BCUT2D eigenvalue weighted by atomic mass is 10.2. The van der Waals surface area contributed by atoms with Crippen LogP contribution in [0, 0.1) is 0 Å². The smallest absolute Gasteiger partial charge is 0.231 e. The van der Waals surface area contributed by atoms with Crippen molar-refractivity contribution in [2.75, 3.05) is 45.0 Å². The summed E-state index contributed by atoms with van der Waals surface area (Å²) < 4.78 is 16.1. The quantitative estimate of drug-likeness (QED) is 0.598. The first-order valence-electron chi connectivity index (χ1n) is 9.42. The molecule has 28 heavy (non-hydrogen) atoms. The van der Waals surface area contributed by atoms with E-state index in [-0.39, 0.29) is 6.79 Å². The first-order valence-corrected chi connectivity index (χ1v) is 9.42. The van der Waals surface area contributed by atoms with Crippen molar-refractivity contribution in [3.05, 3.63) is 47.7 Å². The van der Waals surface area contributed by atoms with Crippen LogP contribution in [0.5, 0.6) is 11.5 Å². The highest BCUT2D eigenvalue weighted by Crippen LogP contribution is 2.32. The molecule has 0 radical (unpaired) electrons. The van der Waals surface area contributed by atoms with Crippen molar-refractivity contribution >= 4 is 11.8 Å². The number of nitrogens with zero attached hydrogens (tertiary/aromatic N) is 3. The Balaban J connectivity index is 1.27. The number of fused-ring (bicyclic) bond motifs is 1. The molecule has 2 N–H and O–H groups in total. The fraction of sp³-hybridized carbons (Fsp3) is 0.400. The monoisotopic (exact) mass is 383 g/mol. The molecule has 0 spiro atoms. The highest BCUT2D eigenvalue weighted by Gasteiger charge is 2.14. The summed E-state index contributed by atoms with van der Waals surface area (Å²) in [5, 5.41) is 6.63. The van der Waals surface area contributed by atoms with E-state index in [9.17, 15) is 0 Å². The van der Waals surface area contributed by atoms with Crippen LogP contribution >= 0.6 is 0 Å². The molecular formula is C20H25N5O3. The molecule has 4 rings (SSSR count). The molecule has 8 heteroatoms. The van der Waals surface area contributed by atoms with E-state index in [1.807, 2.05) is 24.4 Å². The lowest BCUT2D eigenvalue weighted by Gasteiger charge is -2.27. The molecule has 3 heterocycles. The SMILES string of the molecule is CN=C(NCc1ccc(N2CCOCC2)nc1)NCc1ccc2c(c1)OCO2. The van der Waals surface area contributed by atoms with Gasteiger partial charge in [0.15, 0.2) is 17.5 Å². The zero-order chi connectivity index (χ0) is 19.2. The second-order valence-corrected chi connectivity index (χ2v) is 6.59. The van der Waals surface area contributed by atoms with Gasteiger partial charge in [-0.2, -0.15) is 0 Å². The van der Waals surface area contributed by atoms with Crippen LogP contribution in [0.3, 0.4) is 0 Å². The molecule has 0 saturated carbocycles. The Bertz CT molecular complexity index is 819.